The van der Waals surface area contributed by atoms with Crippen LogP contribution in [0.2, 0.25) is 5.15 Å². The largest absolute Gasteiger partial charge is 0.379 e. The molecule has 1 aliphatic heterocycles. The number of hydrogen-bond donors (Lipinski definition) is 0. The van der Waals surface area contributed by atoms with Crippen molar-refractivity contribution in [1.29, 1.82) is 0 Å². The summed E-state index contributed by atoms with van der Waals surface area (Å²) >= 11 is 5.55. The molecular formula is C12H12ClFN2O. The van der Waals surface area contributed by atoms with Gasteiger partial charge in [-0.2, -0.15) is 0 Å². The number of halogens is 2. The van der Waals surface area contributed by atoms with Gasteiger partial charge in [-0.3, -0.25) is 4.90 Å². The third kappa shape index (κ3) is 3.67. The molecule has 3 nitrogen and oxygen atoms in total. The number of nitrogens with zero attached hydrogens (tertiary/aromatic N) is 2. The van der Waals surface area contributed by atoms with Gasteiger partial charge < -0.3 is 4.74 Å². The molecule has 0 radical (unpaired) electrons. The molecule has 0 amide bonds. The van der Waals surface area contributed by atoms with Crippen molar-refractivity contribution in [3.8, 4) is 11.8 Å². The second-order valence-electron chi connectivity index (χ2n) is 3.68. The van der Waals surface area contributed by atoms with E-state index in [-0.39, 0.29) is 10.7 Å². The molecule has 2 rings (SSSR count). The van der Waals surface area contributed by atoms with Gasteiger partial charge in [0.15, 0.2) is 0 Å². The highest BCUT2D eigenvalue weighted by molar-refractivity contribution is 6.29. The molecule has 0 aromatic carbocycles. The summed E-state index contributed by atoms with van der Waals surface area (Å²) in [5.41, 5.74) is 0.280. The Morgan fingerprint density at radius 3 is 2.94 bits per heavy atom. The van der Waals surface area contributed by atoms with Crippen molar-refractivity contribution in [2.24, 2.45) is 0 Å². The molecule has 1 aromatic heterocycles. The minimum atomic E-state index is -0.431. The topological polar surface area (TPSA) is 25.4 Å². The zero-order chi connectivity index (χ0) is 12.1. The maximum Gasteiger partial charge on any atom is 0.143 e. The Morgan fingerprint density at radius 2 is 2.24 bits per heavy atom. The number of morpholine rings is 1. The summed E-state index contributed by atoms with van der Waals surface area (Å²) < 4.78 is 18.6. The van der Waals surface area contributed by atoms with E-state index in [4.69, 9.17) is 16.3 Å². The SMILES string of the molecule is Fc1cc(Cl)ncc1C#CCN1CCOCC1. The van der Waals surface area contributed by atoms with E-state index in [0.717, 1.165) is 26.3 Å². The molecule has 90 valence electrons. The average Bonchev–Trinajstić information content (AvgIpc) is 2.33. The van der Waals surface area contributed by atoms with E-state index in [0.29, 0.717) is 6.54 Å². The van der Waals surface area contributed by atoms with Crippen LogP contribution in [0.5, 0.6) is 0 Å². The maximum absolute atomic E-state index is 13.4. The predicted molar refractivity (Wildman–Crippen MR) is 63.3 cm³/mol. The highest BCUT2D eigenvalue weighted by atomic mass is 35.5. The van der Waals surface area contributed by atoms with Gasteiger partial charge in [0.2, 0.25) is 0 Å². The molecule has 0 atom stereocenters. The van der Waals surface area contributed by atoms with Gasteiger partial charge in [0, 0.05) is 25.4 Å². The molecule has 0 spiro atoms. The van der Waals surface area contributed by atoms with Crippen LogP contribution >= 0.6 is 11.6 Å². The summed E-state index contributed by atoms with van der Waals surface area (Å²) in [5.74, 6) is 5.26. The number of hydrogen-bond acceptors (Lipinski definition) is 3. The first-order valence-electron chi connectivity index (χ1n) is 5.36. The molecule has 1 fully saturated rings. The summed E-state index contributed by atoms with van der Waals surface area (Å²) in [6.45, 7) is 3.83. The van der Waals surface area contributed by atoms with E-state index in [9.17, 15) is 4.39 Å². The van der Waals surface area contributed by atoms with E-state index < -0.39 is 5.82 Å². The second-order valence-corrected chi connectivity index (χ2v) is 4.06. The highest BCUT2D eigenvalue weighted by Crippen LogP contribution is 2.09. The highest BCUT2D eigenvalue weighted by Gasteiger charge is 2.07. The third-order valence-corrected chi connectivity index (χ3v) is 2.66. The number of aromatic nitrogens is 1. The lowest BCUT2D eigenvalue weighted by Crippen LogP contribution is -2.36. The Labute approximate surface area is 105 Å². The van der Waals surface area contributed by atoms with Gasteiger partial charge >= 0.3 is 0 Å². The van der Waals surface area contributed by atoms with Crippen molar-refractivity contribution >= 4 is 11.6 Å². The molecule has 17 heavy (non-hydrogen) atoms. The van der Waals surface area contributed by atoms with Gasteiger partial charge in [-0.25, -0.2) is 9.37 Å². The fourth-order valence-electron chi connectivity index (χ4n) is 1.51. The normalized spacial score (nSPS) is 16.4. The summed E-state index contributed by atoms with van der Waals surface area (Å²) in [4.78, 5) is 5.96. The van der Waals surface area contributed by atoms with Crippen LogP contribution in [0.1, 0.15) is 5.56 Å². The number of pyridine rings is 1. The van der Waals surface area contributed by atoms with E-state index >= 15 is 0 Å². The number of rotatable bonds is 1. The molecular weight excluding hydrogens is 243 g/mol. The number of ether oxygens (including phenoxy) is 1. The van der Waals surface area contributed by atoms with E-state index in [1.807, 2.05) is 0 Å². The summed E-state index contributed by atoms with van der Waals surface area (Å²) in [7, 11) is 0. The molecule has 0 bridgehead atoms. The van der Waals surface area contributed by atoms with Gasteiger partial charge in [-0.05, 0) is 0 Å². The van der Waals surface area contributed by atoms with Crippen molar-refractivity contribution in [3.05, 3.63) is 28.8 Å². The van der Waals surface area contributed by atoms with Crippen molar-refractivity contribution in [3.63, 3.8) is 0 Å². The molecule has 1 aliphatic rings. The van der Waals surface area contributed by atoms with Gasteiger partial charge in [0.05, 0.1) is 25.3 Å². The van der Waals surface area contributed by atoms with Gasteiger partial charge in [-0.1, -0.05) is 23.4 Å². The monoisotopic (exact) mass is 254 g/mol. The Kier molecular flexibility index (Phi) is 4.32. The van der Waals surface area contributed by atoms with Crippen LogP contribution in [-0.2, 0) is 4.74 Å². The van der Waals surface area contributed by atoms with Crippen LogP contribution in [0.15, 0.2) is 12.3 Å². The van der Waals surface area contributed by atoms with Crippen molar-refractivity contribution < 1.29 is 9.13 Å². The van der Waals surface area contributed by atoms with Crippen molar-refractivity contribution in [1.82, 2.24) is 9.88 Å². The van der Waals surface area contributed by atoms with E-state index in [1.54, 1.807) is 0 Å². The first kappa shape index (κ1) is 12.3. The zero-order valence-corrected chi connectivity index (χ0v) is 10.0. The second kappa shape index (κ2) is 5.97. The lowest BCUT2D eigenvalue weighted by molar-refractivity contribution is 0.0443. The Morgan fingerprint density at radius 1 is 1.47 bits per heavy atom. The Balaban J connectivity index is 1.95. The first-order chi connectivity index (χ1) is 8.25. The quantitative estimate of drug-likeness (QED) is 0.562. The summed E-state index contributed by atoms with van der Waals surface area (Å²) in [5, 5.41) is 0.140. The lowest BCUT2D eigenvalue weighted by Gasteiger charge is -2.24. The van der Waals surface area contributed by atoms with Gasteiger partial charge in [-0.15, -0.1) is 0 Å². The molecule has 0 saturated carbocycles. The fourth-order valence-corrected chi connectivity index (χ4v) is 1.65. The van der Waals surface area contributed by atoms with E-state index in [1.165, 1.54) is 12.3 Å². The zero-order valence-electron chi connectivity index (χ0n) is 9.25. The maximum atomic E-state index is 13.4. The van der Waals surface area contributed by atoms with Crippen LogP contribution in [-0.4, -0.2) is 42.7 Å². The average molecular weight is 255 g/mol. The van der Waals surface area contributed by atoms with Crippen LogP contribution in [0, 0.1) is 17.7 Å². The summed E-state index contributed by atoms with van der Waals surface area (Å²) in [6, 6.07) is 1.17. The Bertz CT molecular complexity index is 450. The molecule has 1 aromatic rings. The van der Waals surface area contributed by atoms with E-state index in [2.05, 4.69) is 21.7 Å². The van der Waals surface area contributed by atoms with Gasteiger partial charge in [0.25, 0.3) is 0 Å². The standard InChI is InChI=1S/C12H12ClFN2O/c13-12-8-11(14)10(9-15-12)2-1-3-16-4-6-17-7-5-16/h8-9H,3-7H2. The third-order valence-electron chi connectivity index (χ3n) is 2.45. The molecule has 1 saturated heterocycles. The van der Waals surface area contributed by atoms with Crippen molar-refractivity contribution in [2.75, 3.05) is 32.8 Å². The molecule has 0 N–H and O–H groups in total. The van der Waals surface area contributed by atoms with Crippen LogP contribution in [0.4, 0.5) is 4.39 Å². The fraction of sp³-hybridized carbons (Fsp3) is 0.417. The minimum Gasteiger partial charge on any atom is -0.379 e. The van der Waals surface area contributed by atoms with Crippen LogP contribution in [0.25, 0.3) is 0 Å². The van der Waals surface area contributed by atoms with Crippen LogP contribution in [0.3, 0.4) is 0 Å². The lowest BCUT2D eigenvalue weighted by atomic mass is 10.2. The molecule has 2 heterocycles. The van der Waals surface area contributed by atoms with Crippen molar-refractivity contribution in [2.45, 2.75) is 0 Å². The molecule has 0 unspecified atom stereocenters. The Hall–Kier alpha value is -1.15. The summed E-state index contributed by atoms with van der Waals surface area (Å²) in [6.07, 6.45) is 1.35. The smallest absolute Gasteiger partial charge is 0.143 e. The molecule has 5 heteroatoms. The van der Waals surface area contributed by atoms with Gasteiger partial charge in [0.1, 0.15) is 11.0 Å². The molecule has 0 aliphatic carbocycles. The first-order valence-corrected chi connectivity index (χ1v) is 5.73. The van der Waals surface area contributed by atoms with Crippen LogP contribution < -0.4 is 0 Å². The predicted octanol–water partition coefficient (Wildman–Crippen LogP) is 1.56. The minimum absolute atomic E-state index is 0.140.